The zero-order valence-electron chi connectivity index (χ0n) is 16.1. The van der Waals surface area contributed by atoms with Crippen LogP contribution in [0.25, 0.3) is 0 Å². The van der Waals surface area contributed by atoms with Crippen molar-refractivity contribution in [2.45, 2.75) is 43.8 Å². The van der Waals surface area contributed by atoms with Crippen molar-refractivity contribution in [1.82, 2.24) is 10.2 Å². The number of hydrogen-bond donors (Lipinski definition) is 1. The van der Waals surface area contributed by atoms with Gasteiger partial charge in [0.1, 0.15) is 11.4 Å². The molecule has 0 aromatic heterocycles. The number of nitrogens with one attached hydrogen (secondary N) is 1. The minimum atomic E-state index is -4.40. The van der Waals surface area contributed by atoms with Crippen molar-refractivity contribution >= 4 is 29.5 Å². The standard InChI is InChI=1S/C19H23F3N2O4S/c1-12(25)23-15(18(27)28-2)5-3-4-10-24-16(26)11-29-17(24)13-6-8-14(9-7-13)19(20,21)22/h6-9,15,17H,3-5,10-11H2,1-2H3,(H,23,25). The highest BCUT2D eigenvalue weighted by Gasteiger charge is 2.34. The van der Waals surface area contributed by atoms with E-state index in [4.69, 9.17) is 0 Å². The molecular weight excluding hydrogens is 409 g/mol. The second-order valence-corrected chi connectivity index (χ2v) is 7.71. The Hall–Kier alpha value is -2.23. The van der Waals surface area contributed by atoms with Gasteiger partial charge in [0.2, 0.25) is 11.8 Å². The quantitative estimate of drug-likeness (QED) is 0.505. The molecule has 2 unspecified atom stereocenters. The molecule has 10 heteroatoms. The second-order valence-electron chi connectivity index (χ2n) is 6.64. The lowest BCUT2D eigenvalue weighted by atomic mass is 10.1. The van der Waals surface area contributed by atoms with Crippen LogP contribution in [-0.2, 0) is 25.3 Å². The summed E-state index contributed by atoms with van der Waals surface area (Å²) in [6, 6.07) is 4.09. The molecule has 1 aliphatic rings. The number of thioether (sulfide) groups is 1. The number of amides is 2. The number of halogens is 3. The van der Waals surface area contributed by atoms with Gasteiger partial charge in [0, 0.05) is 13.5 Å². The third-order valence-corrected chi connectivity index (χ3v) is 5.75. The summed E-state index contributed by atoms with van der Waals surface area (Å²) < 4.78 is 42.9. The van der Waals surface area contributed by atoms with Crippen molar-refractivity contribution in [3.8, 4) is 0 Å². The summed E-state index contributed by atoms with van der Waals surface area (Å²) >= 11 is 1.37. The fourth-order valence-electron chi connectivity index (χ4n) is 3.08. The number of esters is 1. The molecule has 6 nitrogen and oxygen atoms in total. The van der Waals surface area contributed by atoms with Gasteiger partial charge in [-0.3, -0.25) is 9.59 Å². The van der Waals surface area contributed by atoms with Crippen LogP contribution < -0.4 is 5.32 Å². The van der Waals surface area contributed by atoms with Gasteiger partial charge in [-0.05, 0) is 37.0 Å². The van der Waals surface area contributed by atoms with E-state index in [-0.39, 0.29) is 22.9 Å². The fourth-order valence-corrected chi connectivity index (χ4v) is 4.29. The molecule has 2 atom stereocenters. The topological polar surface area (TPSA) is 75.7 Å². The van der Waals surface area contributed by atoms with Crippen molar-refractivity contribution in [3.05, 3.63) is 35.4 Å². The van der Waals surface area contributed by atoms with Gasteiger partial charge < -0.3 is 15.0 Å². The summed E-state index contributed by atoms with van der Waals surface area (Å²) in [5.74, 6) is -0.682. The van der Waals surface area contributed by atoms with E-state index in [1.54, 1.807) is 4.90 Å². The summed E-state index contributed by atoms with van der Waals surface area (Å²) in [5, 5.41) is 2.19. The zero-order chi connectivity index (χ0) is 21.6. The van der Waals surface area contributed by atoms with Gasteiger partial charge in [0.05, 0.1) is 18.4 Å². The molecule has 0 radical (unpaired) electrons. The molecule has 1 saturated heterocycles. The number of unbranched alkanes of at least 4 members (excludes halogenated alkanes) is 1. The molecule has 1 aromatic rings. The summed E-state index contributed by atoms with van der Waals surface area (Å²) in [5.41, 5.74) is -0.0894. The van der Waals surface area contributed by atoms with Crippen LogP contribution in [0.3, 0.4) is 0 Å². The van der Waals surface area contributed by atoms with Crippen LogP contribution in [0.2, 0.25) is 0 Å². The molecule has 1 fully saturated rings. The lowest BCUT2D eigenvalue weighted by Crippen LogP contribution is -2.40. The Labute approximate surface area is 171 Å². The van der Waals surface area contributed by atoms with Gasteiger partial charge in [0.15, 0.2) is 0 Å². The monoisotopic (exact) mass is 432 g/mol. The number of benzene rings is 1. The number of hydrogen-bond acceptors (Lipinski definition) is 5. The average molecular weight is 432 g/mol. The summed E-state index contributed by atoms with van der Waals surface area (Å²) in [6.45, 7) is 1.72. The molecular formula is C19H23F3N2O4S. The van der Waals surface area contributed by atoms with Crippen LogP contribution >= 0.6 is 11.8 Å². The van der Waals surface area contributed by atoms with E-state index >= 15 is 0 Å². The highest BCUT2D eigenvalue weighted by atomic mass is 32.2. The predicted molar refractivity (Wildman–Crippen MR) is 102 cm³/mol. The number of rotatable bonds is 8. The van der Waals surface area contributed by atoms with E-state index in [1.807, 2.05) is 0 Å². The number of carbonyl (C=O) groups is 3. The van der Waals surface area contributed by atoms with E-state index < -0.39 is 23.8 Å². The van der Waals surface area contributed by atoms with E-state index in [1.165, 1.54) is 37.9 Å². The van der Waals surface area contributed by atoms with E-state index in [0.29, 0.717) is 31.4 Å². The highest BCUT2D eigenvalue weighted by Crippen LogP contribution is 2.39. The number of alkyl halides is 3. The van der Waals surface area contributed by atoms with Crippen molar-refractivity contribution in [2.75, 3.05) is 19.4 Å². The van der Waals surface area contributed by atoms with Gasteiger partial charge in [-0.1, -0.05) is 12.1 Å². The van der Waals surface area contributed by atoms with E-state index in [9.17, 15) is 27.6 Å². The normalized spacial score (nSPS) is 17.9. The van der Waals surface area contributed by atoms with Crippen LogP contribution in [0.1, 0.15) is 42.7 Å². The van der Waals surface area contributed by atoms with Crippen LogP contribution in [0.4, 0.5) is 13.2 Å². The minimum Gasteiger partial charge on any atom is -0.467 e. The Morgan fingerprint density at radius 2 is 1.93 bits per heavy atom. The summed E-state index contributed by atoms with van der Waals surface area (Å²) in [6.07, 6.45) is -2.89. The van der Waals surface area contributed by atoms with Gasteiger partial charge in [-0.2, -0.15) is 13.2 Å². The molecule has 2 rings (SSSR count). The SMILES string of the molecule is COC(=O)C(CCCCN1C(=O)CSC1c1ccc(C(F)(F)F)cc1)NC(C)=O. The smallest absolute Gasteiger partial charge is 0.416 e. The van der Waals surface area contributed by atoms with Crippen molar-refractivity contribution in [3.63, 3.8) is 0 Å². The first-order valence-corrected chi connectivity index (χ1v) is 10.1. The maximum Gasteiger partial charge on any atom is 0.416 e. The van der Waals surface area contributed by atoms with Gasteiger partial charge in [-0.25, -0.2) is 4.79 Å². The van der Waals surface area contributed by atoms with E-state index in [2.05, 4.69) is 10.1 Å². The predicted octanol–water partition coefficient (Wildman–Crippen LogP) is 3.13. The maximum atomic E-state index is 12.7. The zero-order valence-corrected chi connectivity index (χ0v) is 16.9. The lowest BCUT2D eigenvalue weighted by Gasteiger charge is -2.25. The highest BCUT2D eigenvalue weighted by molar-refractivity contribution is 8.00. The Kier molecular flexibility index (Phi) is 7.95. The van der Waals surface area contributed by atoms with Crippen molar-refractivity contribution < 1.29 is 32.3 Å². The van der Waals surface area contributed by atoms with Crippen LogP contribution in [-0.4, -0.2) is 48.1 Å². The Morgan fingerprint density at radius 1 is 1.28 bits per heavy atom. The van der Waals surface area contributed by atoms with Crippen molar-refractivity contribution in [1.29, 1.82) is 0 Å². The average Bonchev–Trinajstić information content (AvgIpc) is 3.03. The molecule has 160 valence electrons. The molecule has 29 heavy (non-hydrogen) atoms. The Morgan fingerprint density at radius 3 is 2.48 bits per heavy atom. The van der Waals surface area contributed by atoms with Gasteiger partial charge in [-0.15, -0.1) is 11.8 Å². The maximum absolute atomic E-state index is 12.7. The van der Waals surface area contributed by atoms with Crippen molar-refractivity contribution in [2.24, 2.45) is 0 Å². The van der Waals surface area contributed by atoms with Crippen LogP contribution in [0.5, 0.6) is 0 Å². The minimum absolute atomic E-state index is 0.0775. The third-order valence-electron chi connectivity index (χ3n) is 4.50. The summed E-state index contributed by atoms with van der Waals surface area (Å²) in [4.78, 5) is 36.7. The first kappa shape index (κ1) is 23.1. The molecule has 0 spiro atoms. The first-order valence-electron chi connectivity index (χ1n) is 9.06. The molecule has 0 aliphatic carbocycles. The Bertz CT molecular complexity index is 740. The number of ether oxygens (including phenoxy) is 1. The number of methoxy groups -OCH3 is 1. The molecule has 1 aromatic carbocycles. The number of nitrogens with zero attached hydrogens (tertiary/aromatic N) is 1. The van der Waals surface area contributed by atoms with Gasteiger partial charge >= 0.3 is 12.1 Å². The third kappa shape index (κ3) is 6.38. The van der Waals surface area contributed by atoms with E-state index in [0.717, 1.165) is 12.1 Å². The molecule has 1 heterocycles. The molecule has 2 amide bonds. The second kappa shape index (κ2) is 10.00. The molecule has 1 N–H and O–H groups in total. The summed E-state index contributed by atoms with van der Waals surface area (Å²) in [7, 11) is 1.24. The van der Waals surface area contributed by atoms with Crippen LogP contribution in [0, 0.1) is 0 Å². The number of carbonyl (C=O) groups excluding carboxylic acids is 3. The lowest BCUT2D eigenvalue weighted by molar-refractivity contribution is -0.145. The molecule has 0 bridgehead atoms. The Balaban J connectivity index is 1.94. The van der Waals surface area contributed by atoms with Gasteiger partial charge in [0.25, 0.3) is 0 Å². The largest absolute Gasteiger partial charge is 0.467 e. The first-order chi connectivity index (χ1) is 13.6. The van der Waals surface area contributed by atoms with Crippen LogP contribution in [0.15, 0.2) is 24.3 Å². The fraction of sp³-hybridized carbons (Fsp3) is 0.526. The molecule has 0 saturated carbocycles. The molecule has 1 aliphatic heterocycles.